The molecule has 5 aliphatic heterocycles. The third kappa shape index (κ3) is 14.4. The van der Waals surface area contributed by atoms with Gasteiger partial charge in [0.1, 0.15) is 116 Å². The molecule has 400 valence electrons. The van der Waals surface area contributed by atoms with Crippen LogP contribution < -0.4 is 5.73 Å². The van der Waals surface area contributed by atoms with Gasteiger partial charge in [-0.25, -0.2) is 13.7 Å². The van der Waals surface area contributed by atoms with E-state index >= 15 is 0 Å². The molecule has 5 fully saturated rings. The number of aliphatic hydroxyl groups is 13. The molecule has 0 amide bonds. The van der Waals surface area contributed by atoms with Gasteiger partial charge in [-0.1, -0.05) is 0 Å². The summed E-state index contributed by atoms with van der Waals surface area (Å²) in [4.78, 5) is 56.4. The standard InChI is InChI=1S/C30H56NO34P3/c31-11-16(38)22(7(2-33)57-26(11)44)62-30-25(65-68(51,52)53)20(42)13(35)8(60-30)3-54-28-23(18(40)14(36)9(59-28)4-55-66(45,46)47)64-29-24(19(41)15(37)10(61-29)5-56-67(48,49)50)63-27-21(43)17(39)12(34)6(1-32)58-27/h6-30,32-44H,1-5,31H2,(H2,45,46,47)(H2,48,49,50)(H2,51,52,53)/t6-,7-,8-,9-,10-,11-,12-,13-,14-,15-,16-,17-,18+,19+,20+,21+,22-,23+,24+,25+,26+,27-,28+,29-,30-/m1/s1. The van der Waals surface area contributed by atoms with Crippen LogP contribution in [0.5, 0.6) is 0 Å². The van der Waals surface area contributed by atoms with Gasteiger partial charge in [-0.3, -0.25) is 13.6 Å². The van der Waals surface area contributed by atoms with Gasteiger partial charge in [0.15, 0.2) is 31.5 Å². The van der Waals surface area contributed by atoms with Gasteiger partial charge < -0.3 is 144 Å². The molecule has 0 unspecified atom stereocenters. The van der Waals surface area contributed by atoms with Gasteiger partial charge in [0.25, 0.3) is 0 Å². The monoisotopic (exact) mass is 1070 g/mol. The fourth-order valence-electron chi connectivity index (χ4n) is 7.49. The number of phosphoric ester groups is 3. The number of aliphatic hydroxyl groups excluding tert-OH is 13. The minimum Gasteiger partial charge on any atom is -0.394 e. The van der Waals surface area contributed by atoms with Gasteiger partial charge in [-0.05, 0) is 0 Å². The Hall–Kier alpha value is -0.590. The lowest BCUT2D eigenvalue weighted by Gasteiger charge is -2.49. The second-order valence-electron chi connectivity index (χ2n) is 15.9. The number of hydrogen-bond donors (Lipinski definition) is 20. The first-order chi connectivity index (χ1) is 31.5. The Labute approximate surface area is 381 Å². The van der Waals surface area contributed by atoms with Crippen molar-refractivity contribution in [3.63, 3.8) is 0 Å². The Morgan fingerprint density at radius 3 is 1.28 bits per heavy atom. The molecule has 0 saturated carbocycles. The first-order valence-electron chi connectivity index (χ1n) is 19.9. The molecule has 5 heterocycles. The van der Waals surface area contributed by atoms with Crippen LogP contribution in [0.25, 0.3) is 0 Å². The van der Waals surface area contributed by atoms with E-state index in [0.29, 0.717) is 0 Å². The zero-order valence-electron chi connectivity index (χ0n) is 34.5. The molecule has 0 aromatic carbocycles. The molecule has 68 heavy (non-hydrogen) atoms. The van der Waals surface area contributed by atoms with Crippen LogP contribution >= 0.6 is 23.5 Å². The summed E-state index contributed by atoms with van der Waals surface area (Å²) in [7, 11) is -16.3. The predicted octanol–water partition coefficient (Wildman–Crippen LogP) is -11.6. The molecule has 35 nitrogen and oxygen atoms in total. The molecule has 0 radical (unpaired) electrons. The fraction of sp³-hybridized carbons (Fsp3) is 1.00. The maximum atomic E-state index is 11.9. The summed E-state index contributed by atoms with van der Waals surface area (Å²) < 4.78 is 98.4. The molecule has 5 saturated heterocycles. The van der Waals surface area contributed by atoms with E-state index in [9.17, 15) is 109 Å². The predicted molar refractivity (Wildman–Crippen MR) is 201 cm³/mol. The topological polar surface area (TPSA) is 572 Å². The quantitative estimate of drug-likeness (QED) is 0.0534. The zero-order chi connectivity index (χ0) is 51.0. The summed E-state index contributed by atoms with van der Waals surface area (Å²) in [5.41, 5.74) is 5.74. The van der Waals surface area contributed by atoms with E-state index in [0.717, 1.165) is 0 Å². The molecule has 0 spiro atoms. The first-order valence-corrected chi connectivity index (χ1v) is 24.5. The van der Waals surface area contributed by atoms with Crippen LogP contribution in [-0.4, -0.2) is 282 Å². The minimum atomic E-state index is -5.61. The summed E-state index contributed by atoms with van der Waals surface area (Å²) in [6, 6.07) is -1.64. The highest BCUT2D eigenvalue weighted by molar-refractivity contribution is 7.46. The zero-order valence-corrected chi connectivity index (χ0v) is 37.2. The summed E-state index contributed by atoms with van der Waals surface area (Å²) in [6.07, 6.45) is -51.1. The molecule has 21 N–H and O–H groups in total. The van der Waals surface area contributed by atoms with Gasteiger partial charge in [-0.15, -0.1) is 0 Å². The SMILES string of the molecule is N[C@@H]1[C@@H](O)[C@H](O[C@H]2O[C@H](CO[C@H]3O[C@H](COP(=O)(O)O)[C@@H](O)[C@H](O)[C@@H]3O[C@H]3O[C@H](COP(=O)(O)O)[C@@H](O)[C@H](O)[C@@H]3O[C@H]3O[C@H](CO)[C@@H](O)[C@@H](O)[C@@H]3O)[C@@H](O)[C@H](O)[C@@H]2OP(=O)(O)O)[C@@H](CO)O[C@@H]1O. The van der Waals surface area contributed by atoms with E-state index in [2.05, 4.69) is 13.6 Å². The van der Waals surface area contributed by atoms with E-state index in [-0.39, 0.29) is 0 Å². The average molecular weight is 1070 g/mol. The van der Waals surface area contributed by atoms with Gasteiger partial charge in [-0.2, -0.15) is 0 Å². The van der Waals surface area contributed by atoms with Gasteiger partial charge in [0.2, 0.25) is 0 Å². The maximum absolute atomic E-state index is 11.9. The highest BCUT2D eigenvalue weighted by Crippen LogP contribution is 2.43. The van der Waals surface area contributed by atoms with E-state index in [1.54, 1.807) is 0 Å². The first kappa shape index (κ1) is 58.3. The van der Waals surface area contributed by atoms with Crippen LogP contribution in [0.15, 0.2) is 0 Å². The van der Waals surface area contributed by atoms with Crippen molar-refractivity contribution < 1.29 is 166 Å². The van der Waals surface area contributed by atoms with Gasteiger partial charge in [0.05, 0.1) is 39.1 Å². The van der Waals surface area contributed by atoms with Crippen LogP contribution in [0.4, 0.5) is 0 Å². The summed E-state index contributed by atoms with van der Waals surface area (Å²) >= 11 is 0. The average Bonchev–Trinajstić information content (AvgIpc) is 3.25. The molecule has 0 aromatic rings. The van der Waals surface area contributed by atoms with E-state index in [1.165, 1.54) is 0 Å². The third-order valence-corrected chi connectivity index (χ3v) is 12.6. The molecule has 38 heteroatoms. The molecule has 0 bridgehead atoms. The third-order valence-electron chi connectivity index (χ3n) is 11.1. The van der Waals surface area contributed by atoms with E-state index in [4.69, 9.17) is 48.4 Å². The molecule has 0 aromatic heterocycles. The van der Waals surface area contributed by atoms with Crippen molar-refractivity contribution in [1.29, 1.82) is 0 Å². The molecule has 0 aliphatic carbocycles. The number of nitrogens with two attached hydrogens (primary N) is 1. The van der Waals surface area contributed by atoms with Crippen molar-refractivity contribution in [2.75, 3.05) is 33.0 Å². The van der Waals surface area contributed by atoms with Crippen LogP contribution in [-0.2, 0) is 69.9 Å². The Morgan fingerprint density at radius 1 is 0.397 bits per heavy atom. The van der Waals surface area contributed by atoms with Crippen LogP contribution in [0.3, 0.4) is 0 Å². The largest absolute Gasteiger partial charge is 0.470 e. The van der Waals surface area contributed by atoms with Crippen molar-refractivity contribution in [1.82, 2.24) is 0 Å². The second-order valence-corrected chi connectivity index (χ2v) is 19.5. The smallest absolute Gasteiger partial charge is 0.394 e. The lowest BCUT2D eigenvalue weighted by Crippen LogP contribution is -2.67. The van der Waals surface area contributed by atoms with Crippen molar-refractivity contribution >= 4 is 23.5 Å². The second kappa shape index (κ2) is 23.7. The van der Waals surface area contributed by atoms with Crippen LogP contribution in [0.2, 0.25) is 0 Å². The minimum absolute atomic E-state index is 0.992. The summed E-state index contributed by atoms with van der Waals surface area (Å²) in [6.45, 7) is -5.59. The Kier molecular flexibility index (Phi) is 20.4. The highest BCUT2D eigenvalue weighted by atomic mass is 31.2. The van der Waals surface area contributed by atoms with Gasteiger partial charge >= 0.3 is 23.5 Å². The van der Waals surface area contributed by atoms with E-state index < -0.39 is 210 Å². The van der Waals surface area contributed by atoms with E-state index in [1.807, 2.05) is 0 Å². The number of rotatable bonds is 19. The van der Waals surface area contributed by atoms with Crippen molar-refractivity contribution in [3.8, 4) is 0 Å². The highest BCUT2D eigenvalue weighted by Gasteiger charge is 2.57. The summed E-state index contributed by atoms with van der Waals surface area (Å²) in [5, 5.41) is 138. The molecule has 5 aliphatic rings. The van der Waals surface area contributed by atoms with Crippen LogP contribution in [0, 0.1) is 0 Å². The van der Waals surface area contributed by atoms with Gasteiger partial charge in [0, 0.05) is 0 Å². The summed E-state index contributed by atoms with van der Waals surface area (Å²) in [5.74, 6) is 0. The molecule has 25 atom stereocenters. The Balaban J connectivity index is 1.47. The Bertz CT molecular complexity index is 1740. The number of phosphoric acid groups is 3. The number of ether oxygens (including phenoxy) is 9. The van der Waals surface area contributed by atoms with Crippen LogP contribution in [0.1, 0.15) is 0 Å². The van der Waals surface area contributed by atoms with Crippen molar-refractivity contribution in [2.45, 2.75) is 153 Å². The lowest BCUT2D eigenvalue weighted by atomic mass is 9.96. The molecule has 5 rings (SSSR count). The van der Waals surface area contributed by atoms with Crippen molar-refractivity contribution in [3.05, 3.63) is 0 Å². The Morgan fingerprint density at radius 2 is 0.794 bits per heavy atom. The normalized spacial score (nSPS) is 46.7. The fourth-order valence-corrected chi connectivity index (χ4v) is 8.71. The lowest BCUT2D eigenvalue weighted by molar-refractivity contribution is -0.396. The maximum Gasteiger partial charge on any atom is 0.470 e. The number of hydrogen-bond acceptors (Lipinski definition) is 29. The van der Waals surface area contributed by atoms with Crippen molar-refractivity contribution in [2.24, 2.45) is 5.73 Å². The molecular formula is C30H56NO34P3. The molecular weight excluding hydrogens is 1010 g/mol.